The van der Waals surface area contributed by atoms with Gasteiger partial charge in [0.15, 0.2) is 11.2 Å². The number of primary amides is 1. The molecule has 10 nitrogen and oxygen atoms in total. The number of halogens is 2. The molecule has 38 heavy (non-hydrogen) atoms. The van der Waals surface area contributed by atoms with Crippen molar-refractivity contribution < 1.29 is 14.6 Å². The third kappa shape index (κ3) is 5.25. The molecule has 2 aromatic heterocycles. The number of fused-ring (bicyclic) bond motifs is 1. The van der Waals surface area contributed by atoms with Crippen LogP contribution in [0.5, 0.6) is 0 Å². The molecule has 2 heterocycles. The van der Waals surface area contributed by atoms with E-state index in [1.807, 2.05) is 0 Å². The van der Waals surface area contributed by atoms with Crippen LogP contribution in [-0.4, -0.2) is 49.0 Å². The van der Waals surface area contributed by atoms with Crippen LogP contribution in [0, 0.1) is 0 Å². The molecule has 2 aromatic carbocycles. The molecule has 0 spiro atoms. The standard InChI is InChI=1S/C26H27Cl2N5O5/c1-3-26(37,12-13-38-2)15-32-23-21(24(35)31(25(32)36)14-20(29)34)33(17-10-8-16(27)9-11-17)22(30-23)18-6-4-5-7-19(18)28/h4-11,37H,3,12-15H2,1-2H3,(H2,29,34). The summed E-state index contributed by atoms with van der Waals surface area (Å²) in [5, 5.41) is 12.2. The van der Waals surface area contributed by atoms with Crippen LogP contribution in [0.1, 0.15) is 19.8 Å². The van der Waals surface area contributed by atoms with Gasteiger partial charge < -0.3 is 15.6 Å². The van der Waals surface area contributed by atoms with E-state index in [1.165, 1.54) is 11.7 Å². The summed E-state index contributed by atoms with van der Waals surface area (Å²) in [6.07, 6.45) is 0.507. The van der Waals surface area contributed by atoms with Gasteiger partial charge in [-0.15, -0.1) is 0 Å². The van der Waals surface area contributed by atoms with Gasteiger partial charge in [0.1, 0.15) is 12.4 Å². The van der Waals surface area contributed by atoms with Crippen LogP contribution in [0.2, 0.25) is 10.0 Å². The van der Waals surface area contributed by atoms with Crippen LogP contribution in [0.4, 0.5) is 0 Å². The second-order valence-corrected chi connectivity index (χ2v) is 9.79. The number of benzene rings is 2. The van der Waals surface area contributed by atoms with Crippen molar-refractivity contribution in [1.29, 1.82) is 0 Å². The number of carbonyl (C=O) groups excluding carboxylic acids is 1. The van der Waals surface area contributed by atoms with E-state index in [0.29, 0.717) is 21.3 Å². The molecular weight excluding hydrogens is 533 g/mol. The van der Waals surface area contributed by atoms with E-state index in [4.69, 9.17) is 38.7 Å². The monoisotopic (exact) mass is 559 g/mol. The molecule has 1 atom stereocenters. The number of methoxy groups -OCH3 is 1. The van der Waals surface area contributed by atoms with Crippen molar-refractivity contribution in [3.63, 3.8) is 0 Å². The lowest BCUT2D eigenvalue weighted by molar-refractivity contribution is -0.118. The Labute approximate surface area is 227 Å². The number of hydrogen-bond donors (Lipinski definition) is 2. The zero-order valence-electron chi connectivity index (χ0n) is 20.9. The van der Waals surface area contributed by atoms with E-state index < -0.39 is 29.3 Å². The number of imidazole rings is 1. The first-order valence-electron chi connectivity index (χ1n) is 11.9. The topological polar surface area (TPSA) is 134 Å². The average molecular weight is 560 g/mol. The molecule has 0 fully saturated rings. The SMILES string of the molecule is CCC(O)(CCOC)Cn1c(=O)n(CC(N)=O)c(=O)c2c1nc(-c1ccccc1Cl)n2-c1ccc(Cl)cc1. The van der Waals surface area contributed by atoms with Crippen molar-refractivity contribution in [3.8, 4) is 17.1 Å². The first kappa shape index (κ1) is 27.6. The number of amides is 1. The number of hydrogen-bond acceptors (Lipinski definition) is 6. The first-order chi connectivity index (χ1) is 18.1. The highest BCUT2D eigenvalue weighted by molar-refractivity contribution is 6.33. The minimum atomic E-state index is -1.36. The fourth-order valence-corrected chi connectivity index (χ4v) is 4.64. The number of nitrogens with two attached hydrogens (primary N) is 1. The zero-order valence-corrected chi connectivity index (χ0v) is 22.4. The summed E-state index contributed by atoms with van der Waals surface area (Å²) in [7, 11) is 1.51. The van der Waals surface area contributed by atoms with E-state index >= 15 is 0 Å². The van der Waals surface area contributed by atoms with Crippen molar-refractivity contribution in [2.75, 3.05) is 13.7 Å². The lowest BCUT2D eigenvalue weighted by atomic mass is 9.97. The minimum Gasteiger partial charge on any atom is -0.388 e. The Morgan fingerprint density at radius 2 is 1.79 bits per heavy atom. The van der Waals surface area contributed by atoms with Crippen LogP contribution in [0.3, 0.4) is 0 Å². The fourth-order valence-electron chi connectivity index (χ4n) is 4.30. The predicted octanol–water partition coefficient (Wildman–Crippen LogP) is 2.99. The summed E-state index contributed by atoms with van der Waals surface area (Å²) >= 11 is 12.6. The van der Waals surface area contributed by atoms with Gasteiger partial charge in [0.25, 0.3) is 5.56 Å². The van der Waals surface area contributed by atoms with Crippen LogP contribution in [0.15, 0.2) is 58.1 Å². The Balaban J connectivity index is 2.15. The minimum absolute atomic E-state index is 0.00767. The maximum absolute atomic E-state index is 13.8. The second-order valence-electron chi connectivity index (χ2n) is 8.95. The normalized spacial score (nSPS) is 13.1. The van der Waals surface area contributed by atoms with Gasteiger partial charge in [0.05, 0.1) is 17.2 Å². The largest absolute Gasteiger partial charge is 0.388 e. The highest BCUT2D eigenvalue weighted by atomic mass is 35.5. The predicted molar refractivity (Wildman–Crippen MR) is 146 cm³/mol. The van der Waals surface area contributed by atoms with Crippen LogP contribution in [-0.2, 0) is 22.6 Å². The number of rotatable bonds is 10. The lowest BCUT2D eigenvalue weighted by Gasteiger charge is -2.27. The highest BCUT2D eigenvalue weighted by Gasteiger charge is 2.30. The third-order valence-corrected chi connectivity index (χ3v) is 7.00. The van der Waals surface area contributed by atoms with Crippen molar-refractivity contribution in [1.82, 2.24) is 18.7 Å². The van der Waals surface area contributed by atoms with Gasteiger partial charge in [-0.2, -0.15) is 0 Å². The molecule has 0 aliphatic heterocycles. The van der Waals surface area contributed by atoms with Gasteiger partial charge in [-0.3, -0.25) is 18.7 Å². The lowest BCUT2D eigenvalue weighted by Crippen LogP contribution is -2.47. The molecule has 0 saturated carbocycles. The number of nitrogens with zero attached hydrogens (tertiary/aromatic N) is 4. The Morgan fingerprint density at radius 1 is 1.11 bits per heavy atom. The third-order valence-electron chi connectivity index (χ3n) is 6.42. The molecule has 0 radical (unpaired) electrons. The quantitative estimate of drug-likeness (QED) is 0.306. The molecule has 12 heteroatoms. The van der Waals surface area contributed by atoms with Gasteiger partial charge >= 0.3 is 5.69 Å². The van der Waals surface area contributed by atoms with Gasteiger partial charge in [-0.1, -0.05) is 42.3 Å². The molecule has 1 amide bonds. The number of carbonyl (C=O) groups is 1. The number of aliphatic hydroxyl groups is 1. The van der Waals surface area contributed by atoms with Crippen LogP contribution in [0.25, 0.3) is 28.2 Å². The molecule has 0 aliphatic carbocycles. The van der Waals surface area contributed by atoms with Crippen molar-refractivity contribution in [2.45, 2.75) is 38.5 Å². The van der Waals surface area contributed by atoms with Crippen molar-refractivity contribution >= 4 is 40.3 Å². The van der Waals surface area contributed by atoms with E-state index in [1.54, 1.807) is 60.0 Å². The van der Waals surface area contributed by atoms with E-state index in [-0.39, 0.29) is 43.0 Å². The summed E-state index contributed by atoms with van der Waals surface area (Å²) in [5.74, 6) is -0.587. The number of aromatic nitrogens is 4. The van der Waals surface area contributed by atoms with E-state index in [2.05, 4.69) is 0 Å². The average Bonchev–Trinajstić information content (AvgIpc) is 3.29. The molecule has 0 aliphatic rings. The number of ether oxygens (including phenoxy) is 1. The summed E-state index contributed by atoms with van der Waals surface area (Å²) in [4.78, 5) is 43.9. The Morgan fingerprint density at radius 3 is 2.39 bits per heavy atom. The molecule has 1 unspecified atom stereocenters. The first-order valence-corrected chi connectivity index (χ1v) is 12.6. The Bertz CT molecular complexity index is 1610. The van der Waals surface area contributed by atoms with Gasteiger partial charge in [-0.25, -0.2) is 14.3 Å². The molecule has 0 saturated heterocycles. The van der Waals surface area contributed by atoms with Crippen molar-refractivity contribution in [2.24, 2.45) is 5.73 Å². The zero-order chi connectivity index (χ0) is 27.6. The molecule has 0 bridgehead atoms. The maximum atomic E-state index is 13.8. The van der Waals surface area contributed by atoms with E-state index in [0.717, 1.165) is 4.57 Å². The second kappa shape index (κ2) is 11.1. The van der Waals surface area contributed by atoms with Crippen LogP contribution >= 0.6 is 23.2 Å². The van der Waals surface area contributed by atoms with Gasteiger partial charge in [-0.05, 0) is 42.8 Å². The fraction of sp³-hybridized carbons (Fsp3) is 0.308. The smallest absolute Gasteiger partial charge is 0.333 e. The summed E-state index contributed by atoms with van der Waals surface area (Å²) in [5.41, 5.74) is 3.49. The maximum Gasteiger partial charge on any atom is 0.333 e. The Kier molecular flexibility index (Phi) is 8.08. The van der Waals surface area contributed by atoms with Crippen molar-refractivity contribution in [3.05, 3.63) is 79.4 Å². The van der Waals surface area contributed by atoms with Crippen LogP contribution < -0.4 is 17.0 Å². The summed E-state index contributed by atoms with van der Waals surface area (Å²) < 4.78 is 8.65. The molecular formula is C26H27Cl2N5O5. The molecule has 3 N–H and O–H groups in total. The highest BCUT2D eigenvalue weighted by Crippen LogP contribution is 2.32. The molecule has 200 valence electrons. The van der Waals surface area contributed by atoms with E-state index in [9.17, 15) is 19.5 Å². The summed E-state index contributed by atoms with van der Waals surface area (Å²) in [6.45, 7) is 1.16. The molecule has 4 rings (SSSR count). The van der Waals surface area contributed by atoms with Gasteiger partial charge in [0, 0.05) is 36.4 Å². The van der Waals surface area contributed by atoms with Gasteiger partial charge in [0.2, 0.25) is 5.91 Å². The molecule has 4 aromatic rings. The summed E-state index contributed by atoms with van der Waals surface area (Å²) in [6, 6.07) is 13.6. The Hall–Kier alpha value is -3.44.